The van der Waals surface area contributed by atoms with E-state index >= 15 is 0 Å². The van der Waals surface area contributed by atoms with E-state index in [0.29, 0.717) is 12.2 Å². The highest BCUT2D eigenvalue weighted by Gasteiger charge is 2.22. The Bertz CT molecular complexity index is 1330. The molecule has 3 aromatic carbocycles. The van der Waals surface area contributed by atoms with Gasteiger partial charge in [0.1, 0.15) is 23.9 Å². The summed E-state index contributed by atoms with van der Waals surface area (Å²) < 4.78 is 7.61. The molecule has 2 N–H and O–H groups in total. The van der Waals surface area contributed by atoms with Crippen molar-refractivity contribution in [2.75, 3.05) is 26.2 Å². The molecule has 2 heterocycles. The van der Waals surface area contributed by atoms with Gasteiger partial charge in [-0.2, -0.15) is 0 Å². The number of phenols is 2. The smallest absolute Gasteiger partial charge is 0.262 e. The average molecular weight is 471 g/mol. The standard InChI is InChI=1S/C29H30N2O4/c1-20-26-19-24(33)11-14-27(26)31(28(20)21-5-9-23(32)10-6-21)29(34)22-7-12-25(13-8-22)35-18-17-30-15-3-2-4-16-30/h5-14,19,32-33H,2-4,15-18H2,1H3. The van der Waals surface area contributed by atoms with Gasteiger partial charge in [0.25, 0.3) is 5.91 Å². The average Bonchev–Trinajstić information content (AvgIpc) is 3.16. The summed E-state index contributed by atoms with van der Waals surface area (Å²) in [5, 5.41) is 20.6. The van der Waals surface area contributed by atoms with Gasteiger partial charge in [-0.3, -0.25) is 14.3 Å². The van der Waals surface area contributed by atoms with Crippen molar-refractivity contribution in [3.63, 3.8) is 0 Å². The number of aromatic hydroxyl groups is 2. The topological polar surface area (TPSA) is 74.9 Å². The Kier molecular flexibility index (Phi) is 6.47. The van der Waals surface area contributed by atoms with Crippen LogP contribution in [0.5, 0.6) is 17.2 Å². The van der Waals surface area contributed by atoms with Gasteiger partial charge in [-0.15, -0.1) is 0 Å². The van der Waals surface area contributed by atoms with Crippen LogP contribution in [0.1, 0.15) is 35.2 Å². The third kappa shape index (κ3) is 4.75. The lowest BCUT2D eigenvalue weighted by Gasteiger charge is -2.26. The molecule has 1 aliphatic heterocycles. The largest absolute Gasteiger partial charge is 0.508 e. The fourth-order valence-corrected chi connectivity index (χ4v) is 4.91. The molecular formula is C29H30N2O4. The first-order valence-electron chi connectivity index (χ1n) is 12.1. The number of carbonyl (C=O) groups is 1. The normalized spacial score (nSPS) is 14.3. The van der Waals surface area contributed by atoms with E-state index in [1.807, 2.05) is 19.1 Å². The fourth-order valence-electron chi connectivity index (χ4n) is 4.91. The Balaban J connectivity index is 1.43. The van der Waals surface area contributed by atoms with E-state index in [0.717, 1.165) is 53.1 Å². The number of fused-ring (bicyclic) bond motifs is 1. The molecular weight excluding hydrogens is 440 g/mol. The molecule has 0 spiro atoms. The van der Waals surface area contributed by atoms with E-state index in [1.54, 1.807) is 59.2 Å². The summed E-state index contributed by atoms with van der Waals surface area (Å²) in [6, 6.07) is 19.1. The molecule has 0 unspecified atom stereocenters. The van der Waals surface area contributed by atoms with Gasteiger partial charge < -0.3 is 14.9 Å². The van der Waals surface area contributed by atoms with Gasteiger partial charge in [0.2, 0.25) is 0 Å². The number of hydrogen-bond acceptors (Lipinski definition) is 5. The lowest BCUT2D eigenvalue weighted by Crippen LogP contribution is -2.33. The SMILES string of the molecule is Cc1c(-c2ccc(O)cc2)n(C(=O)c2ccc(OCCN3CCCCC3)cc2)c2ccc(O)cc12. The zero-order valence-electron chi connectivity index (χ0n) is 19.9. The Morgan fingerprint density at radius 2 is 1.57 bits per heavy atom. The van der Waals surface area contributed by atoms with Crippen LogP contribution in [0.2, 0.25) is 0 Å². The monoisotopic (exact) mass is 470 g/mol. The second-order valence-corrected chi connectivity index (χ2v) is 9.14. The zero-order chi connectivity index (χ0) is 24.4. The van der Waals surface area contributed by atoms with Crippen LogP contribution >= 0.6 is 0 Å². The van der Waals surface area contributed by atoms with Gasteiger partial charge in [-0.05, 0) is 111 Å². The van der Waals surface area contributed by atoms with Gasteiger partial charge in [-0.25, -0.2) is 0 Å². The minimum Gasteiger partial charge on any atom is -0.508 e. The Morgan fingerprint density at radius 1 is 0.886 bits per heavy atom. The molecule has 1 saturated heterocycles. The van der Waals surface area contributed by atoms with E-state index < -0.39 is 0 Å². The summed E-state index contributed by atoms with van der Waals surface area (Å²) in [5.41, 5.74) is 3.68. The lowest BCUT2D eigenvalue weighted by molar-refractivity contribution is 0.0966. The first-order chi connectivity index (χ1) is 17.0. The summed E-state index contributed by atoms with van der Waals surface area (Å²) in [6.45, 7) is 5.76. The van der Waals surface area contributed by atoms with E-state index in [9.17, 15) is 15.0 Å². The number of aryl methyl sites for hydroxylation is 1. The van der Waals surface area contributed by atoms with Crippen LogP contribution in [0.3, 0.4) is 0 Å². The molecule has 4 aromatic rings. The van der Waals surface area contributed by atoms with Crippen molar-refractivity contribution in [2.24, 2.45) is 0 Å². The van der Waals surface area contributed by atoms with Crippen molar-refractivity contribution in [1.82, 2.24) is 9.47 Å². The highest BCUT2D eigenvalue weighted by Crippen LogP contribution is 2.36. The molecule has 0 atom stereocenters. The number of hydrogen-bond donors (Lipinski definition) is 2. The second-order valence-electron chi connectivity index (χ2n) is 9.14. The number of benzene rings is 3. The number of carbonyl (C=O) groups excluding carboxylic acids is 1. The predicted molar refractivity (Wildman–Crippen MR) is 137 cm³/mol. The number of rotatable bonds is 6. The maximum atomic E-state index is 13.8. The number of piperidine rings is 1. The van der Waals surface area contributed by atoms with E-state index in [2.05, 4.69) is 4.90 Å². The van der Waals surface area contributed by atoms with Crippen LogP contribution in [-0.4, -0.2) is 51.8 Å². The molecule has 0 radical (unpaired) electrons. The van der Waals surface area contributed by atoms with Crippen LogP contribution in [0.4, 0.5) is 0 Å². The van der Waals surface area contributed by atoms with Gasteiger partial charge in [-0.1, -0.05) is 6.42 Å². The third-order valence-corrected chi connectivity index (χ3v) is 6.77. The van der Waals surface area contributed by atoms with Crippen molar-refractivity contribution < 1.29 is 19.7 Å². The summed E-state index contributed by atoms with van der Waals surface area (Å²) in [7, 11) is 0. The number of nitrogens with zero attached hydrogens (tertiary/aromatic N) is 2. The Hall–Kier alpha value is -3.77. The number of ether oxygens (including phenoxy) is 1. The van der Waals surface area contributed by atoms with Gasteiger partial charge in [0.15, 0.2) is 0 Å². The summed E-state index contributed by atoms with van der Waals surface area (Å²) in [5.74, 6) is 0.884. The van der Waals surface area contributed by atoms with Crippen molar-refractivity contribution in [1.29, 1.82) is 0 Å². The molecule has 0 aliphatic carbocycles. The molecule has 6 heteroatoms. The zero-order valence-corrected chi connectivity index (χ0v) is 19.9. The Morgan fingerprint density at radius 3 is 2.29 bits per heavy atom. The predicted octanol–water partition coefficient (Wildman–Crippen LogP) is 5.58. The van der Waals surface area contributed by atoms with Crippen molar-refractivity contribution in [2.45, 2.75) is 26.2 Å². The molecule has 1 aromatic heterocycles. The molecule has 1 aliphatic rings. The third-order valence-electron chi connectivity index (χ3n) is 6.77. The maximum absolute atomic E-state index is 13.8. The van der Waals surface area contributed by atoms with Crippen molar-refractivity contribution >= 4 is 16.8 Å². The highest BCUT2D eigenvalue weighted by molar-refractivity contribution is 6.07. The van der Waals surface area contributed by atoms with E-state index in [1.165, 1.54) is 19.3 Å². The van der Waals surface area contributed by atoms with Crippen LogP contribution in [-0.2, 0) is 0 Å². The van der Waals surface area contributed by atoms with Gasteiger partial charge in [0, 0.05) is 17.5 Å². The first-order valence-corrected chi connectivity index (χ1v) is 12.1. The van der Waals surface area contributed by atoms with Crippen LogP contribution in [0.15, 0.2) is 66.7 Å². The molecule has 0 saturated carbocycles. The van der Waals surface area contributed by atoms with Crippen molar-refractivity contribution in [3.05, 3.63) is 77.9 Å². The van der Waals surface area contributed by atoms with Crippen LogP contribution in [0.25, 0.3) is 22.2 Å². The molecule has 6 nitrogen and oxygen atoms in total. The summed E-state index contributed by atoms with van der Waals surface area (Å²) in [4.78, 5) is 16.2. The minimum absolute atomic E-state index is 0.147. The van der Waals surface area contributed by atoms with E-state index in [4.69, 9.17) is 4.74 Å². The summed E-state index contributed by atoms with van der Waals surface area (Å²) in [6.07, 6.45) is 3.84. The summed E-state index contributed by atoms with van der Waals surface area (Å²) >= 11 is 0. The quantitative estimate of drug-likeness (QED) is 0.385. The second kappa shape index (κ2) is 9.84. The van der Waals surface area contributed by atoms with Gasteiger partial charge >= 0.3 is 0 Å². The van der Waals surface area contributed by atoms with Crippen LogP contribution < -0.4 is 4.74 Å². The Labute approximate surface area is 205 Å². The lowest BCUT2D eigenvalue weighted by atomic mass is 10.1. The molecule has 5 rings (SSSR count). The number of likely N-dealkylation sites (tertiary alicyclic amines) is 1. The van der Waals surface area contributed by atoms with Crippen molar-refractivity contribution in [3.8, 4) is 28.5 Å². The molecule has 1 fully saturated rings. The highest BCUT2D eigenvalue weighted by atomic mass is 16.5. The maximum Gasteiger partial charge on any atom is 0.262 e. The molecule has 0 bridgehead atoms. The van der Waals surface area contributed by atoms with Crippen LogP contribution in [0, 0.1) is 6.92 Å². The number of aromatic nitrogens is 1. The first kappa shape index (κ1) is 23.0. The number of phenolic OH excluding ortho intramolecular Hbond substituents is 2. The minimum atomic E-state index is -0.170. The molecule has 0 amide bonds. The molecule has 180 valence electrons. The molecule has 35 heavy (non-hydrogen) atoms. The van der Waals surface area contributed by atoms with E-state index in [-0.39, 0.29) is 17.4 Å². The van der Waals surface area contributed by atoms with Gasteiger partial charge in [0.05, 0.1) is 11.2 Å². The fraction of sp³-hybridized carbons (Fsp3) is 0.276.